The van der Waals surface area contributed by atoms with Crippen LogP contribution in [0.2, 0.25) is 0 Å². The Kier molecular flexibility index (Phi) is 6.70. The summed E-state index contributed by atoms with van der Waals surface area (Å²) in [5.74, 6) is 0.253. The van der Waals surface area contributed by atoms with Gasteiger partial charge in [0.15, 0.2) is 5.11 Å². The summed E-state index contributed by atoms with van der Waals surface area (Å²) in [6.07, 6.45) is 3.26. The maximum atomic E-state index is 11.9. The molecule has 0 aromatic heterocycles. The fourth-order valence-electron chi connectivity index (χ4n) is 2.16. The molecule has 0 bridgehead atoms. The molecule has 0 saturated carbocycles. The maximum absolute atomic E-state index is 11.9. The molecule has 1 aliphatic rings. The van der Waals surface area contributed by atoms with E-state index < -0.39 is 0 Å². The number of hydrogen-bond acceptors (Lipinski definition) is 4. The van der Waals surface area contributed by atoms with Crippen LogP contribution in [0.1, 0.15) is 30.9 Å². The van der Waals surface area contributed by atoms with E-state index in [1.54, 1.807) is 6.08 Å². The zero-order valence-electron chi connectivity index (χ0n) is 13.5. The fraction of sp³-hybridized carbons (Fsp3) is 0.412. The first-order valence-corrected chi connectivity index (χ1v) is 8.18. The summed E-state index contributed by atoms with van der Waals surface area (Å²) in [6, 6.07) is 8.16. The van der Waals surface area contributed by atoms with Gasteiger partial charge in [0.05, 0.1) is 13.2 Å². The van der Waals surface area contributed by atoms with Crippen LogP contribution < -0.4 is 10.7 Å². The summed E-state index contributed by atoms with van der Waals surface area (Å²) in [4.78, 5) is 11.9. The molecule has 6 heteroatoms. The SMILES string of the molecule is CC(C)c1ccc(/C=C/C(=O)NC(=S)NN2CCOCC2)cc1. The number of rotatable bonds is 4. The second-order valence-corrected chi connectivity index (χ2v) is 6.09. The van der Waals surface area contributed by atoms with Crippen molar-refractivity contribution in [3.63, 3.8) is 0 Å². The van der Waals surface area contributed by atoms with Gasteiger partial charge in [0.2, 0.25) is 5.91 Å². The third-order valence-corrected chi connectivity index (χ3v) is 3.73. The van der Waals surface area contributed by atoms with Gasteiger partial charge in [-0.25, -0.2) is 5.01 Å². The molecule has 5 nitrogen and oxygen atoms in total. The minimum atomic E-state index is -0.247. The summed E-state index contributed by atoms with van der Waals surface area (Å²) in [5.41, 5.74) is 5.25. The van der Waals surface area contributed by atoms with Crippen LogP contribution in [0.3, 0.4) is 0 Å². The van der Waals surface area contributed by atoms with Crippen LogP contribution in [-0.4, -0.2) is 42.3 Å². The fourth-order valence-corrected chi connectivity index (χ4v) is 2.39. The highest BCUT2D eigenvalue weighted by atomic mass is 32.1. The largest absolute Gasteiger partial charge is 0.379 e. The van der Waals surface area contributed by atoms with Crippen LogP contribution in [0, 0.1) is 0 Å². The second-order valence-electron chi connectivity index (χ2n) is 5.68. The molecule has 1 aromatic carbocycles. The van der Waals surface area contributed by atoms with E-state index >= 15 is 0 Å². The van der Waals surface area contributed by atoms with Crippen LogP contribution in [0.25, 0.3) is 6.08 Å². The van der Waals surface area contributed by atoms with Crippen LogP contribution in [-0.2, 0) is 9.53 Å². The molecule has 0 aliphatic carbocycles. The zero-order chi connectivity index (χ0) is 16.7. The number of amides is 1. The first-order chi connectivity index (χ1) is 11.0. The average molecular weight is 333 g/mol. The van der Waals surface area contributed by atoms with Gasteiger partial charge in [0.25, 0.3) is 0 Å². The molecule has 2 rings (SSSR count). The van der Waals surface area contributed by atoms with Gasteiger partial charge in [-0.2, -0.15) is 0 Å². The number of nitrogens with zero attached hydrogens (tertiary/aromatic N) is 1. The van der Waals surface area contributed by atoms with Crippen LogP contribution in [0.4, 0.5) is 0 Å². The molecule has 1 heterocycles. The molecule has 1 saturated heterocycles. The van der Waals surface area contributed by atoms with Crippen molar-refractivity contribution in [1.29, 1.82) is 0 Å². The highest BCUT2D eigenvalue weighted by Gasteiger charge is 2.11. The van der Waals surface area contributed by atoms with Crippen LogP contribution in [0.15, 0.2) is 30.3 Å². The van der Waals surface area contributed by atoms with Crippen molar-refractivity contribution in [2.75, 3.05) is 26.3 Å². The maximum Gasteiger partial charge on any atom is 0.250 e. The Morgan fingerprint density at radius 2 is 1.91 bits per heavy atom. The number of benzene rings is 1. The summed E-state index contributed by atoms with van der Waals surface area (Å²) in [6.45, 7) is 7.12. The number of carbonyl (C=O) groups is 1. The number of morpholine rings is 1. The van der Waals surface area contributed by atoms with E-state index in [2.05, 4.69) is 36.7 Å². The van der Waals surface area contributed by atoms with Gasteiger partial charge in [-0.05, 0) is 35.3 Å². The van der Waals surface area contributed by atoms with Crippen LogP contribution in [0.5, 0.6) is 0 Å². The first kappa shape index (κ1) is 17.6. The lowest BCUT2D eigenvalue weighted by Gasteiger charge is -2.27. The minimum absolute atomic E-state index is 0.247. The van der Waals surface area contributed by atoms with Gasteiger partial charge in [-0.1, -0.05) is 38.1 Å². The third kappa shape index (κ3) is 6.09. The lowest BCUT2D eigenvalue weighted by atomic mass is 10.0. The molecular formula is C17H23N3O2S. The number of thiocarbonyl (C=S) groups is 1. The topological polar surface area (TPSA) is 53.6 Å². The van der Waals surface area contributed by atoms with Crippen molar-refractivity contribution in [2.45, 2.75) is 19.8 Å². The van der Waals surface area contributed by atoms with Crippen molar-refractivity contribution in [2.24, 2.45) is 0 Å². The molecule has 1 amide bonds. The smallest absolute Gasteiger partial charge is 0.250 e. The Morgan fingerprint density at radius 1 is 1.26 bits per heavy atom. The molecule has 0 radical (unpaired) electrons. The van der Waals surface area contributed by atoms with Crippen molar-refractivity contribution in [1.82, 2.24) is 15.8 Å². The average Bonchev–Trinajstić information content (AvgIpc) is 2.54. The molecular weight excluding hydrogens is 310 g/mol. The minimum Gasteiger partial charge on any atom is -0.379 e. The van der Waals surface area contributed by atoms with Crippen molar-refractivity contribution in [3.8, 4) is 0 Å². The Bertz CT molecular complexity index is 564. The number of carbonyl (C=O) groups excluding carboxylic acids is 1. The Balaban J connectivity index is 1.79. The quantitative estimate of drug-likeness (QED) is 0.652. The van der Waals surface area contributed by atoms with Gasteiger partial charge < -0.3 is 4.74 Å². The van der Waals surface area contributed by atoms with Crippen molar-refractivity contribution >= 4 is 29.3 Å². The standard InChI is InChI=1S/C17H23N3O2S/c1-13(2)15-6-3-14(4-7-15)5-8-16(21)18-17(23)19-20-9-11-22-12-10-20/h3-8,13H,9-12H2,1-2H3,(H2,18,19,21,23)/b8-5+. The number of hydrogen-bond donors (Lipinski definition) is 2. The Labute approximate surface area is 142 Å². The summed E-state index contributed by atoms with van der Waals surface area (Å²) in [7, 11) is 0. The summed E-state index contributed by atoms with van der Waals surface area (Å²) >= 11 is 5.13. The van der Waals surface area contributed by atoms with E-state index in [1.807, 2.05) is 17.1 Å². The van der Waals surface area contributed by atoms with E-state index in [0.29, 0.717) is 24.2 Å². The van der Waals surface area contributed by atoms with Crippen molar-refractivity contribution in [3.05, 3.63) is 41.5 Å². The van der Waals surface area contributed by atoms with E-state index in [4.69, 9.17) is 17.0 Å². The molecule has 23 heavy (non-hydrogen) atoms. The van der Waals surface area contributed by atoms with E-state index in [0.717, 1.165) is 18.7 Å². The highest BCUT2D eigenvalue weighted by Crippen LogP contribution is 2.15. The third-order valence-electron chi connectivity index (χ3n) is 3.54. The lowest BCUT2D eigenvalue weighted by molar-refractivity contribution is -0.115. The molecule has 2 N–H and O–H groups in total. The molecule has 1 aliphatic heterocycles. The lowest BCUT2D eigenvalue weighted by Crippen LogP contribution is -2.52. The van der Waals surface area contributed by atoms with Gasteiger partial charge in [0, 0.05) is 19.2 Å². The first-order valence-electron chi connectivity index (χ1n) is 7.77. The number of hydrazine groups is 1. The molecule has 124 valence electrons. The summed E-state index contributed by atoms with van der Waals surface area (Å²) in [5, 5.41) is 4.87. The van der Waals surface area contributed by atoms with Crippen LogP contribution >= 0.6 is 12.2 Å². The number of nitrogens with one attached hydrogen (secondary N) is 2. The van der Waals surface area contributed by atoms with Gasteiger partial charge in [-0.3, -0.25) is 15.5 Å². The Morgan fingerprint density at radius 3 is 2.52 bits per heavy atom. The zero-order valence-corrected chi connectivity index (χ0v) is 14.4. The molecule has 0 spiro atoms. The molecule has 1 fully saturated rings. The van der Waals surface area contributed by atoms with E-state index in [1.165, 1.54) is 11.6 Å². The monoisotopic (exact) mass is 333 g/mol. The molecule has 1 aromatic rings. The molecule has 0 unspecified atom stereocenters. The van der Waals surface area contributed by atoms with Gasteiger partial charge >= 0.3 is 0 Å². The number of ether oxygens (including phenoxy) is 1. The van der Waals surface area contributed by atoms with E-state index in [9.17, 15) is 4.79 Å². The normalized spacial score (nSPS) is 15.8. The molecule has 0 atom stereocenters. The van der Waals surface area contributed by atoms with Gasteiger partial charge in [0.1, 0.15) is 0 Å². The van der Waals surface area contributed by atoms with E-state index in [-0.39, 0.29) is 5.91 Å². The second kappa shape index (κ2) is 8.76. The summed E-state index contributed by atoms with van der Waals surface area (Å²) < 4.78 is 5.25. The highest BCUT2D eigenvalue weighted by molar-refractivity contribution is 7.80. The predicted octanol–water partition coefficient (Wildman–Crippen LogP) is 2.06. The predicted molar refractivity (Wildman–Crippen MR) is 95.8 cm³/mol. The van der Waals surface area contributed by atoms with Gasteiger partial charge in [-0.15, -0.1) is 0 Å². The Hall–Kier alpha value is -1.76. The van der Waals surface area contributed by atoms with Crippen molar-refractivity contribution < 1.29 is 9.53 Å².